The van der Waals surface area contributed by atoms with E-state index in [9.17, 15) is 4.79 Å². The zero-order chi connectivity index (χ0) is 13.1. The van der Waals surface area contributed by atoms with Crippen LogP contribution in [-0.4, -0.2) is 25.2 Å². The largest absolute Gasteiger partial charge is 0.379 e. The summed E-state index contributed by atoms with van der Waals surface area (Å²) in [5.74, 6) is -0.0812. The van der Waals surface area contributed by atoms with E-state index in [0.29, 0.717) is 10.6 Å². The van der Waals surface area contributed by atoms with E-state index in [2.05, 4.69) is 27.9 Å². The number of halogens is 2. The third kappa shape index (κ3) is 3.16. The van der Waals surface area contributed by atoms with Crippen LogP contribution in [0.25, 0.3) is 0 Å². The van der Waals surface area contributed by atoms with Crippen molar-refractivity contribution >= 4 is 40.1 Å². The van der Waals surface area contributed by atoms with Crippen molar-refractivity contribution in [1.82, 2.24) is 5.32 Å². The minimum absolute atomic E-state index is 0.0812. The minimum atomic E-state index is -0.0812. The van der Waals surface area contributed by atoms with Gasteiger partial charge < -0.3 is 10.1 Å². The van der Waals surface area contributed by atoms with Crippen LogP contribution in [0.5, 0.6) is 0 Å². The Morgan fingerprint density at radius 2 is 2.28 bits per heavy atom. The summed E-state index contributed by atoms with van der Waals surface area (Å²) in [7, 11) is 1.69. The summed E-state index contributed by atoms with van der Waals surface area (Å²) in [5, 5.41) is 3.63. The molecule has 2 unspecified atom stereocenters. The molecule has 1 aromatic rings. The smallest absolute Gasteiger partial charge is 0.251 e. The molecule has 18 heavy (non-hydrogen) atoms. The number of carbonyl (C=O) groups is 1. The topological polar surface area (TPSA) is 38.3 Å². The van der Waals surface area contributed by atoms with Gasteiger partial charge in [-0.05, 0) is 60.1 Å². The highest BCUT2D eigenvalue weighted by molar-refractivity contribution is 14.1. The van der Waals surface area contributed by atoms with Crippen LogP contribution in [0.3, 0.4) is 0 Å². The van der Waals surface area contributed by atoms with Gasteiger partial charge in [-0.15, -0.1) is 0 Å². The second kappa shape index (κ2) is 6.21. The molecule has 0 aliphatic heterocycles. The Morgan fingerprint density at radius 3 is 2.94 bits per heavy atom. The van der Waals surface area contributed by atoms with E-state index in [0.717, 1.165) is 22.8 Å². The standard InChI is InChI=1S/C13H15ClINO2/c1-18-12-4-2-3-11(12)16-13(17)8-5-6-10(15)9(14)7-8/h5-7,11-12H,2-4H2,1H3,(H,16,17). The summed E-state index contributed by atoms with van der Waals surface area (Å²) in [6, 6.07) is 5.45. The van der Waals surface area contributed by atoms with Gasteiger partial charge in [0.2, 0.25) is 0 Å². The van der Waals surface area contributed by atoms with E-state index in [1.807, 2.05) is 6.07 Å². The molecule has 0 saturated heterocycles. The summed E-state index contributed by atoms with van der Waals surface area (Å²) < 4.78 is 6.31. The molecule has 1 aliphatic carbocycles. The molecule has 2 rings (SSSR count). The van der Waals surface area contributed by atoms with Crippen LogP contribution in [0.15, 0.2) is 18.2 Å². The van der Waals surface area contributed by atoms with Crippen LogP contribution in [0.4, 0.5) is 0 Å². The Balaban J connectivity index is 2.05. The van der Waals surface area contributed by atoms with Gasteiger partial charge in [0.25, 0.3) is 5.91 Å². The molecule has 0 bridgehead atoms. The molecule has 0 radical (unpaired) electrons. The lowest BCUT2D eigenvalue weighted by Gasteiger charge is -2.19. The Labute approximate surface area is 125 Å². The van der Waals surface area contributed by atoms with Crippen LogP contribution in [0, 0.1) is 3.57 Å². The lowest BCUT2D eigenvalue weighted by molar-refractivity contribution is 0.0722. The number of amides is 1. The first-order chi connectivity index (χ1) is 8.61. The fourth-order valence-corrected chi connectivity index (χ4v) is 2.78. The number of nitrogens with one attached hydrogen (secondary N) is 1. The van der Waals surface area contributed by atoms with Gasteiger partial charge in [-0.3, -0.25) is 4.79 Å². The molecule has 5 heteroatoms. The fourth-order valence-electron chi connectivity index (χ4n) is 2.26. The van der Waals surface area contributed by atoms with E-state index in [4.69, 9.17) is 16.3 Å². The maximum Gasteiger partial charge on any atom is 0.251 e. The summed E-state index contributed by atoms with van der Waals surface area (Å²) in [6.07, 6.45) is 3.21. The SMILES string of the molecule is COC1CCCC1NC(=O)c1ccc(I)c(Cl)c1. The molecule has 1 aromatic carbocycles. The van der Waals surface area contributed by atoms with Crippen molar-refractivity contribution in [3.05, 3.63) is 32.4 Å². The van der Waals surface area contributed by atoms with Gasteiger partial charge >= 0.3 is 0 Å². The summed E-state index contributed by atoms with van der Waals surface area (Å²) in [4.78, 5) is 12.1. The highest BCUT2D eigenvalue weighted by Gasteiger charge is 2.28. The van der Waals surface area contributed by atoms with Crippen LogP contribution < -0.4 is 5.32 Å². The van der Waals surface area contributed by atoms with Gasteiger partial charge in [-0.2, -0.15) is 0 Å². The molecule has 3 nitrogen and oxygen atoms in total. The molecule has 2 atom stereocenters. The first-order valence-corrected chi connectivity index (χ1v) is 7.36. The van der Waals surface area contributed by atoms with E-state index in [1.165, 1.54) is 0 Å². The fraction of sp³-hybridized carbons (Fsp3) is 0.462. The van der Waals surface area contributed by atoms with Gasteiger partial charge in [-0.25, -0.2) is 0 Å². The molecule has 98 valence electrons. The lowest BCUT2D eigenvalue weighted by Crippen LogP contribution is -2.40. The van der Waals surface area contributed by atoms with Crippen LogP contribution >= 0.6 is 34.2 Å². The third-order valence-electron chi connectivity index (χ3n) is 3.25. The highest BCUT2D eigenvalue weighted by atomic mass is 127. The van der Waals surface area contributed by atoms with Gasteiger partial charge in [0.05, 0.1) is 17.2 Å². The zero-order valence-electron chi connectivity index (χ0n) is 10.1. The Kier molecular flexibility index (Phi) is 4.86. The molecule has 1 N–H and O–H groups in total. The normalized spacial score (nSPS) is 23.1. The van der Waals surface area contributed by atoms with Crippen molar-refractivity contribution < 1.29 is 9.53 Å². The number of hydrogen-bond acceptors (Lipinski definition) is 2. The summed E-state index contributed by atoms with van der Waals surface area (Å²) in [6.45, 7) is 0. The lowest BCUT2D eigenvalue weighted by atomic mass is 10.1. The molecular weight excluding hydrogens is 365 g/mol. The molecule has 1 saturated carbocycles. The van der Waals surface area contributed by atoms with Gasteiger partial charge in [0.1, 0.15) is 0 Å². The number of carbonyl (C=O) groups excluding carboxylic acids is 1. The molecule has 0 heterocycles. The average molecular weight is 380 g/mol. The van der Waals surface area contributed by atoms with E-state index >= 15 is 0 Å². The predicted molar refractivity (Wildman–Crippen MR) is 80.1 cm³/mol. The van der Waals surface area contributed by atoms with Gasteiger partial charge in [-0.1, -0.05) is 11.6 Å². The van der Waals surface area contributed by atoms with Crippen LogP contribution in [0.1, 0.15) is 29.6 Å². The van der Waals surface area contributed by atoms with Crippen molar-refractivity contribution in [2.75, 3.05) is 7.11 Å². The van der Waals surface area contributed by atoms with Crippen LogP contribution in [0.2, 0.25) is 5.02 Å². The monoisotopic (exact) mass is 379 g/mol. The number of ether oxygens (including phenoxy) is 1. The second-order valence-corrected chi connectivity index (χ2v) is 5.98. The summed E-state index contributed by atoms with van der Waals surface area (Å²) >= 11 is 8.16. The molecule has 1 fully saturated rings. The number of benzene rings is 1. The van der Waals surface area contributed by atoms with Crippen molar-refractivity contribution in [3.8, 4) is 0 Å². The Bertz CT molecular complexity index is 453. The van der Waals surface area contributed by atoms with Gasteiger partial charge in [0.15, 0.2) is 0 Å². The number of hydrogen-bond donors (Lipinski definition) is 1. The van der Waals surface area contributed by atoms with Crippen LogP contribution in [-0.2, 0) is 4.74 Å². The summed E-state index contributed by atoms with van der Waals surface area (Å²) in [5.41, 5.74) is 0.599. The maximum absolute atomic E-state index is 12.1. The Hall–Kier alpha value is -0.330. The van der Waals surface area contributed by atoms with Crippen molar-refractivity contribution in [2.45, 2.75) is 31.4 Å². The zero-order valence-corrected chi connectivity index (χ0v) is 13.0. The molecule has 0 aromatic heterocycles. The highest BCUT2D eigenvalue weighted by Crippen LogP contribution is 2.23. The first-order valence-electron chi connectivity index (χ1n) is 5.90. The number of rotatable bonds is 3. The average Bonchev–Trinajstić information content (AvgIpc) is 2.79. The number of methoxy groups -OCH3 is 1. The second-order valence-electron chi connectivity index (χ2n) is 4.41. The minimum Gasteiger partial charge on any atom is -0.379 e. The predicted octanol–water partition coefficient (Wildman–Crippen LogP) is 3.24. The quantitative estimate of drug-likeness (QED) is 0.819. The van der Waals surface area contributed by atoms with Crippen molar-refractivity contribution in [2.24, 2.45) is 0 Å². The molecule has 0 spiro atoms. The Morgan fingerprint density at radius 1 is 1.50 bits per heavy atom. The molecule has 1 aliphatic rings. The van der Waals surface area contributed by atoms with E-state index in [1.54, 1.807) is 19.2 Å². The third-order valence-corrected chi connectivity index (χ3v) is 4.83. The van der Waals surface area contributed by atoms with Gasteiger partial charge in [0, 0.05) is 16.2 Å². The molecule has 1 amide bonds. The first kappa shape index (κ1) is 14.1. The van der Waals surface area contributed by atoms with Crippen molar-refractivity contribution in [3.63, 3.8) is 0 Å². The van der Waals surface area contributed by atoms with E-state index < -0.39 is 0 Å². The van der Waals surface area contributed by atoms with Crippen molar-refractivity contribution in [1.29, 1.82) is 0 Å². The maximum atomic E-state index is 12.1. The van der Waals surface area contributed by atoms with E-state index in [-0.39, 0.29) is 18.1 Å². The molecular formula is C13H15ClINO2.